The molecule has 2 aromatic rings. The van der Waals surface area contributed by atoms with E-state index in [1.165, 1.54) is 17.3 Å². The molecule has 1 aromatic carbocycles. The van der Waals surface area contributed by atoms with Gasteiger partial charge in [0.2, 0.25) is 0 Å². The van der Waals surface area contributed by atoms with Crippen LogP contribution in [0.2, 0.25) is 0 Å². The lowest BCUT2D eigenvalue weighted by molar-refractivity contribution is 0.0599. The Labute approximate surface area is 153 Å². The summed E-state index contributed by atoms with van der Waals surface area (Å²) in [6.45, 7) is 3.58. The van der Waals surface area contributed by atoms with Crippen molar-refractivity contribution in [1.82, 2.24) is 14.8 Å². The fraction of sp³-hybridized carbons (Fsp3) is 0.381. The van der Waals surface area contributed by atoms with Crippen molar-refractivity contribution in [3.05, 3.63) is 65.0 Å². The highest BCUT2D eigenvalue weighted by molar-refractivity contribution is 5.96. The number of nitriles is 1. The van der Waals surface area contributed by atoms with Crippen LogP contribution in [0.5, 0.6) is 0 Å². The molecule has 2 aliphatic rings. The predicted molar refractivity (Wildman–Crippen MR) is 98.4 cm³/mol. The number of carbonyl (C=O) groups is 1. The summed E-state index contributed by atoms with van der Waals surface area (Å²) >= 11 is 0. The van der Waals surface area contributed by atoms with Gasteiger partial charge in [0, 0.05) is 44.6 Å². The molecule has 0 saturated carbocycles. The minimum Gasteiger partial charge on any atom is -0.338 e. The number of carbonyl (C=O) groups excluding carboxylic acids is 1. The largest absolute Gasteiger partial charge is 0.338 e. The van der Waals surface area contributed by atoms with Gasteiger partial charge in [-0.1, -0.05) is 24.3 Å². The van der Waals surface area contributed by atoms with Gasteiger partial charge in [-0.3, -0.25) is 14.7 Å². The highest BCUT2D eigenvalue weighted by Gasteiger charge is 2.29. The molecule has 0 radical (unpaired) electrons. The van der Waals surface area contributed by atoms with Gasteiger partial charge in [-0.25, -0.2) is 0 Å². The van der Waals surface area contributed by atoms with Gasteiger partial charge < -0.3 is 4.90 Å². The SMILES string of the molecule is N#Cc1ccncc1C(=O)N1CCC(N2CCc3ccccc3C2)CC1. The Morgan fingerprint density at radius 3 is 2.65 bits per heavy atom. The van der Waals surface area contributed by atoms with Crippen molar-refractivity contribution < 1.29 is 4.79 Å². The Bertz CT molecular complexity index is 849. The number of likely N-dealkylation sites (tertiary alicyclic amines) is 1. The molecule has 1 amide bonds. The quantitative estimate of drug-likeness (QED) is 0.839. The van der Waals surface area contributed by atoms with E-state index >= 15 is 0 Å². The van der Waals surface area contributed by atoms with E-state index in [4.69, 9.17) is 0 Å². The molecule has 3 heterocycles. The third-order valence-corrected chi connectivity index (χ3v) is 5.60. The van der Waals surface area contributed by atoms with Gasteiger partial charge >= 0.3 is 0 Å². The molecule has 4 rings (SSSR count). The predicted octanol–water partition coefficient (Wildman–Crippen LogP) is 2.62. The van der Waals surface area contributed by atoms with E-state index in [0.717, 1.165) is 45.4 Å². The van der Waals surface area contributed by atoms with Gasteiger partial charge in [-0.15, -0.1) is 0 Å². The number of hydrogen-bond acceptors (Lipinski definition) is 4. The number of aromatic nitrogens is 1. The summed E-state index contributed by atoms with van der Waals surface area (Å²) in [5.74, 6) is -0.0721. The molecular formula is C21H22N4O. The molecule has 1 fully saturated rings. The average Bonchev–Trinajstić information content (AvgIpc) is 2.73. The van der Waals surface area contributed by atoms with Crippen LogP contribution < -0.4 is 0 Å². The van der Waals surface area contributed by atoms with Crippen molar-refractivity contribution in [3.8, 4) is 6.07 Å². The highest BCUT2D eigenvalue weighted by atomic mass is 16.2. The van der Waals surface area contributed by atoms with Crippen molar-refractivity contribution in [2.24, 2.45) is 0 Å². The van der Waals surface area contributed by atoms with E-state index in [1.54, 1.807) is 12.3 Å². The number of fused-ring (bicyclic) bond motifs is 1. The molecule has 0 bridgehead atoms. The minimum atomic E-state index is -0.0721. The maximum atomic E-state index is 12.7. The number of pyridine rings is 1. The zero-order valence-corrected chi connectivity index (χ0v) is 14.8. The Balaban J connectivity index is 1.39. The van der Waals surface area contributed by atoms with Crippen molar-refractivity contribution >= 4 is 5.91 Å². The van der Waals surface area contributed by atoms with Crippen LogP contribution in [-0.4, -0.2) is 46.4 Å². The van der Waals surface area contributed by atoms with Gasteiger partial charge in [0.25, 0.3) is 5.91 Å². The smallest absolute Gasteiger partial charge is 0.256 e. The topological polar surface area (TPSA) is 60.2 Å². The van der Waals surface area contributed by atoms with Crippen molar-refractivity contribution in [3.63, 3.8) is 0 Å². The molecule has 0 unspecified atom stereocenters. The first-order chi connectivity index (χ1) is 12.8. The van der Waals surface area contributed by atoms with Crippen LogP contribution >= 0.6 is 0 Å². The molecule has 1 saturated heterocycles. The van der Waals surface area contributed by atoms with Gasteiger partial charge in [0.05, 0.1) is 11.1 Å². The lowest BCUT2D eigenvalue weighted by Crippen LogP contribution is -2.48. The second kappa shape index (κ2) is 7.27. The molecule has 0 aliphatic carbocycles. The normalized spacial score (nSPS) is 18.2. The molecule has 0 atom stereocenters. The maximum absolute atomic E-state index is 12.7. The molecule has 2 aliphatic heterocycles. The van der Waals surface area contributed by atoms with E-state index in [0.29, 0.717) is 17.2 Å². The molecular weight excluding hydrogens is 324 g/mol. The van der Waals surface area contributed by atoms with Crippen LogP contribution in [-0.2, 0) is 13.0 Å². The first kappa shape index (κ1) is 16.7. The third-order valence-electron chi connectivity index (χ3n) is 5.60. The van der Waals surface area contributed by atoms with E-state index in [1.807, 2.05) is 4.90 Å². The Kier molecular flexibility index (Phi) is 4.68. The maximum Gasteiger partial charge on any atom is 0.256 e. The van der Waals surface area contributed by atoms with Crippen LogP contribution in [0.25, 0.3) is 0 Å². The number of piperidine rings is 1. The summed E-state index contributed by atoms with van der Waals surface area (Å²) in [4.78, 5) is 21.2. The van der Waals surface area contributed by atoms with Gasteiger partial charge in [-0.05, 0) is 36.5 Å². The monoisotopic (exact) mass is 346 g/mol. The molecule has 5 nitrogen and oxygen atoms in total. The summed E-state index contributed by atoms with van der Waals surface area (Å²) < 4.78 is 0. The minimum absolute atomic E-state index is 0.0721. The van der Waals surface area contributed by atoms with E-state index in [9.17, 15) is 10.1 Å². The molecule has 26 heavy (non-hydrogen) atoms. The van der Waals surface area contributed by atoms with Crippen LogP contribution in [0.4, 0.5) is 0 Å². The second-order valence-corrected chi connectivity index (χ2v) is 7.05. The fourth-order valence-electron chi connectivity index (χ4n) is 4.10. The molecule has 0 spiro atoms. The van der Waals surface area contributed by atoms with Crippen LogP contribution in [0, 0.1) is 11.3 Å². The van der Waals surface area contributed by atoms with Gasteiger partial charge in [-0.2, -0.15) is 5.26 Å². The third kappa shape index (κ3) is 3.21. The molecule has 0 N–H and O–H groups in total. The molecule has 5 heteroatoms. The first-order valence-electron chi connectivity index (χ1n) is 9.20. The number of benzene rings is 1. The summed E-state index contributed by atoms with van der Waals surface area (Å²) in [5.41, 5.74) is 3.73. The number of nitrogens with zero attached hydrogens (tertiary/aromatic N) is 4. The summed E-state index contributed by atoms with van der Waals surface area (Å²) in [7, 11) is 0. The van der Waals surface area contributed by atoms with Gasteiger partial charge in [0.1, 0.15) is 6.07 Å². The zero-order chi connectivity index (χ0) is 17.9. The number of hydrogen-bond donors (Lipinski definition) is 0. The van der Waals surface area contributed by atoms with E-state index in [2.05, 4.69) is 40.2 Å². The molecule has 1 aromatic heterocycles. The summed E-state index contributed by atoms with van der Waals surface area (Å²) in [6, 6.07) is 12.9. The fourth-order valence-corrected chi connectivity index (χ4v) is 4.10. The zero-order valence-electron chi connectivity index (χ0n) is 14.8. The molecule has 132 valence electrons. The summed E-state index contributed by atoms with van der Waals surface area (Å²) in [5, 5.41) is 9.20. The Morgan fingerprint density at radius 2 is 1.88 bits per heavy atom. The lowest BCUT2D eigenvalue weighted by Gasteiger charge is -2.40. The summed E-state index contributed by atoms with van der Waals surface area (Å²) in [6.07, 6.45) is 6.13. The van der Waals surface area contributed by atoms with Crippen LogP contribution in [0.1, 0.15) is 39.9 Å². The standard InChI is InChI=1S/C21H22N4O/c22-13-17-5-9-23-14-20(17)21(26)24-11-7-19(8-12-24)25-10-6-16-3-1-2-4-18(16)15-25/h1-5,9,14,19H,6-8,10-12,15H2. The number of amides is 1. The average molecular weight is 346 g/mol. The lowest BCUT2D eigenvalue weighted by atomic mass is 9.95. The van der Waals surface area contributed by atoms with Crippen molar-refractivity contribution in [2.75, 3.05) is 19.6 Å². The van der Waals surface area contributed by atoms with Gasteiger partial charge in [0.15, 0.2) is 0 Å². The Morgan fingerprint density at radius 1 is 1.12 bits per heavy atom. The second-order valence-electron chi connectivity index (χ2n) is 7.05. The van der Waals surface area contributed by atoms with E-state index < -0.39 is 0 Å². The number of rotatable bonds is 2. The Hall–Kier alpha value is -2.71. The van der Waals surface area contributed by atoms with Crippen molar-refractivity contribution in [1.29, 1.82) is 5.26 Å². The van der Waals surface area contributed by atoms with Crippen LogP contribution in [0.15, 0.2) is 42.7 Å². The van der Waals surface area contributed by atoms with Crippen LogP contribution in [0.3, 0.4) is 0 Å². The van der Waals surface area contributed by atoms with E-state index in [-0.39, 0.29) is 5.91 Å². The van der Waals surface area contributed by atoms with Crippen molar-refractivity contribution in [2.45, 2.75) is 31.8 Å². The highest BCUT2D eigenvalue weighted by Crippen LogP contribution is 2.25. The first-order valence-corrected chi connectivity index (χ1v) is 9.20.